The smallest absolute Gasteiger partial charge is 0.243 e. The maximum absolute atomic E-state index is 13.0. The van der Waals surface area contributed by atoms with Crippen molar-refractivity contribution in [3.8, 4) is 0 Å². The molecule has 0 aliphatic heterocycles. The van der Waals surface area contributed by atoms with Crippen LogP contribution in [0, 0.1) is 0 Å². The van der Waals surface area contributed by atoms with Crippen molar-refractivity contribution in [2.45, 2.75) is 61.0 Å². The van der Waals surface area contributed by atoms with Gasteiger partial charge in [-0.15, -0.1) is 11.8 Å². The van der Waals surface area contributed by atoms with Gasteiger partial charge in [0.2, 0.25) is 10.0 Å². The summed E-state index contributed by atoms with van der Waals surface area (Å²) in [6.07, 6.45) is 5.52. The maximum Gasteiger partial charge on any atom is 0.243 e. The molecule has 1 saturated carbocycles. The van der Waals surface area contributed by atoms with Crippen LogP contribution in [-0.4, -0.2) is 42.8 Å². The lowest BCUT2D eigenvalue weighted by atomic mass is 9.92. The first-order chi connectivity index (χ1) is 10.5. The van der Waals surface area contributed by atoms with E-state index in [2.05, 4.69) is 0 Å². The summed E-state index contributed by atoms with van der Waals surface area (Å²) in [6.45, 7) is 2.42. The van der Waals surface area contributed by atoms with Crippen LogP contribution in [0.3, 0.4) is 0 Å². The van der Waals surface area contributed by atoms with Gasteiger partial charge in [-0.3, -0.25) is 0 Å². The summed E-state index contributed by atoms with van der Waals surface area (Å²) >= 11 is 1.59. The van der Waals surface area contributed by atoms with Crippen molar-refractivity contribution in [1.82, 2.24) is 4.31 Å². The molecule has 0 saturated heterocycles. The summed E-state index contributed by atoms with van der Waals surface area (Å²) in [5, 5.41) is 10.2. The van der Waals surface area contributed by atoms with Gasteiger partial charge in [0.15, 0.2) is 0 Å². The molecule has 1 aliphatic carbocycles. The molecule has 124 valence electrons. The van der Waals surface area contributed by atoms with Crippen LogP contribution in [0.4, 0.5) is 0 Å². The maximum atomic E-state index is 13.0. The molecule has 22 heavy (non-hydrogen) atoms. The third-order valence-corrected chi connectivity index (χ3v) is 6.86. The SMILES string of the molecule is CCCN([C@H]1CCCC[C@@H]1O)S(=O)(=O)c1ccc(SC)cc1. The summed E-state index contributed by atoms with van der Waals surface area (Å²) in [5.74, 6) is 0. The molecule has 0 unspecified atom stereocenters. The van der Waals surface area contributed by atoms with Crippen molar-refractivity contribution in [3.05, 3.63) is 24.3 Å². The van der Waals surface area contributed by atoms with Gasteiger partial charge in [-0.2, -0.15) is 4.31 Å². The molecule has 0 amide bonds. The number of aliphatic hydroxyl groups is 1. The lowest BCUT2D eigenvalue weighted by molar-refractivity contribution is 0.0557. The van der Waals surface area contributed by atoms with E-state index in [0.29, 0.717) is 17.9 Å². The molecule has 0 bridgehead atoms. The molecule has 1 aromatic rings. The Labute approximate surface area is 138 Å². The highest BCUT2D eigenvalue weighted by Gasteiger charge is 2.36. The Morgan fingerprint density at radius 2 is 1.86 bits per heavy atom. The third-order valence-electron chi connectivity index (χ3n) is 4.17. The second-order valence-corrected chi connectivity index (χ2v) is 8.48. The predicted molar refractivity (Wildman–Crippen MR) is 90.7 cm³/mol. The molecule has 0 aromatic heterocycles. The molecular formula is C16H25NO3S2. The van der Waals surface area contributed by atoms with E-state index < -0.39 is 16.1 Å². The van der Waals surface area contributed by atoms with Gasteiger partial charge in [-0.1, -0.05) is 19.8 Å². The van der Waals surface area contributed by atoms with Crippen molar-refractivity contribution >= 4 is 21.8 Å². The van der Waals surface area contributed by atoms with Gasteiger partial charge >= 0.3 is 0 Å². The first kappa shape index (κ1) is 17.8. The monoisotopic (exact) mass is 343 g/mol. The Balaban J connectivity index is 2.31. The molecular weight excluding hydrogens is 318 g/mol. The summed E-state index contributed by atoms with van der Waals surface area (Å²) in [6, 6.07) is 6.70. The largest absolute Gasteiger partial charge is 0.391 e. The lowest BCUT2D eigenvalue weighted by Crippen LogP contribution is -2.48. The highest BCUT2D eigenvalue weighted by atomic mass is 32.2. The average molecular weight is 344 g/mol. The predicted octanol–water partition coefficient (Wildman–Crippen LogP) is 3.11. The van der Waals surface area contributed by atoms with E-state index in [1.165, 1.54) is 4.31 Å². The molecule has 1 aromatic carbocycles. The summed E-state index contributed by atoms with van der Waals surface area (Å²) in [5.41, 5.74) is 0. The zero-order valence-corrected chi connectivity index (χ0v) is 14.9. The molecule has 0 spiro atoms. The van der Waals surface area contributed by atoms with E-state index in [1.807, 2.05) is 25.3 Å². The van der Waals surface area contributed by atoms with E-state index in [1.54, 1.807) is 23.9 Å². The number of hydrogen-bond acceptors (Lipinski definition) is 4. The fraction of sp³-hybridized carbons (Fsp3) is 0.625. The quantitative estimate of drug-likeness (QED) is 0.806. The van der Waals surface area contributed by atoms with E-state index in [4.69, 9.17) is 0 Å². The van der Waals surface area contributed by atoms with Gasteiger partial charge < -0.3 is 5.11 Å². The second kappa shape index (κ2) is 7.81. The summed E-state index contributed by atoms with van der Waals surface area (Å²) < 4.78 is 27.5. The van der Waals surface area contributed by atoms with E-state index >= 15 is 0 Å². The first-order valence-electron chi connectivity index (χ1n) is 7.84. The third kappa shape index (κ3) is 3.85. The van der Waals surface area contributed by atoms with Gasteiger partial charge in [-0.05, 0) is 49.8 Å². The highest BCUT2D eigenvalue weighted by molar-refractivity contribution is 7.98. The molecule has 2 rings (SSSR count). The minimum absolute atomic E-state index is 0.293. The van der Waals surface area contributed by atoms with Crippen LogP contribution in [0.2, 0.25) is 0 Å². The summed E-state index contributed by atoms with van der Waals surface area (Å²) in [7, 11) is -3.56. The van der Waals surface area contributed by atoms with Crippen molar-refractivity contribution in [1.29, 1.82) is 0 Å². The first-order valence-corrected chi connectivity index (χ1v) is 10.5. The minimum atomic E-state index is -3.56. The standard InChI is InChI=1S/C16H25NO3S2/c1-3-12-17(15-6-4-5-7-16(15)18)22(19,20)14-10-8-13(21-2)9-11-14/h8-11,15-16,18H,3-7,12H2,1-2H3/t15-,16-/m0/s1. The molecule has 2 atom stereocenters. The van der Waals surface area contributed by atoms with Crippen LogP contribution in [-0.2, 0) is 10.0 Å². The number of nitrogens with zero attached hydrogens (tertiary/aromatic N) is 1. The Morgan fingerprint density at radius 3 is 2.41 bits per heavy atom. The van der Waals surface area contributed by atoms with E-state index in [-0.39, 0.29) is 6.04 Å². The Kier molecular flexibility index (Phi) is 6.32. The van der Waals surface area contributed by atoms with Crippen LogP contribution in [0.15, 0.2) is 34.1 Å². The lowest BCUT2D eigenvalue weighted by Gasteiger charge is -2.36. The Bertz CT molecular complexity index is 572. The van der Waals surface area contributed by atoms with E-state index in [0.717, 1.165) is 30.6 Å². The van der Waals surface area contributed by atoms with Gasteiger partial charge in [0, 0.05) is 11.4 Å². The van der Waals surface area contributed by atoms with Crippen LogP contribution >= 0.6 is 11.8 Å². The normalized spacial score (nSPS) is 22.9. The summed E-state index contributed by atoms with van der Waals surface area (Å²) in [4.78, 5) is 1.36. The average Bonchev–Trinajstić information content (AvgIpc) is 2.53. The number of rotatable bonds is 6. The van der Waals surface area contributed by atoms with Crippen molar-refractivity contribution in [3.63, 3.8) is 0 Å². The Morgan fingerprint density at radius 1 is 1.23 bits per heavy atom. The number of benzene rings is 1. The fourth-order valence-corrected chi connectivity index (χ4v) is 5.18. The molecule has 1 N–H and O–H groups in total. The molecule has 6 heteroatoms. The van der Waals surface area contributed by atoms with Crippen LogP contribution in [0.5, 0.6) is 0 Å². The zero-order valence-electron chi connectivity index (χ0n) is 13.2. The molecule has 0 radical (unpaired) electrons. The fourth-order valence-electron chi connectivity index (χ4n) is 3.00. The van der Waals surface area contributed by atoms with Crippen LogP contribution in [0.1, 0.15) is 39.0 Å². The van der Waals surface area contributed by atoms with Gasteiger partial charge in [0.1, 0.15) is 0 Å². The molecule has 1 fully saturated rings. The van der Waals surface area contributed by atoms with Crippen molar-refractivity contribution in [2.75, 3.05) is 12.8 Å². The number of thioether (sulfide) groups is 1. The van der Waals surface area contributed by atoms with Crippen molar-refractivity contribution < 1.29 is 13.5 Å². The van der Waals surface area contributed by atoms with Crippen molar-refractivity contribution in [2.24, 2.45) is 0 Å². The van der Waals surface area contributed by atoms with Gasteiger partial charge in [0.25, 0.3) is 0 Å². The molecule has 1 aliphatic rings. The highest BCUT2D eigenvalue weighted by Crippen LogP contribution is 2.29. The number of hydrogen-bond donors (Lipinski definition) is 1. The van der Waals surface area contributed by atoms with E-state index in [9.17, 15) is 13.5 Å². The van der Waals surface area contributed by atoms with Crippen LogP contribution in [0.25, 0.3) is 0 Å². The number of aliphatic hydroxyl groups excluding tert-OH is 1. The van der Waals surface area contributed by atoms with Gasteiger partial charge in [-0.25, -0.2) is 8.42 Å². The topological polar surface area (TPSA) is 57.6 Å². The number of sulfonamides is 1. The minimum Gasteiger partial charge on any atom is -0.391 e. The Hall–Kier alpha value is -0.560. The molecule has 0 heterocycles. The second-order valence-electron chi connectivity index (χ2n) is 5.71. The van der Waals surface area contributed by atoms with Gasteiger partial charge in [0.05, 0.1) is 17.0 Å². The molecule has 4 nitrogen and oxygen atoms in total. The van der Waals surface area contributed by atoms with Crippen LogP contribution < -0.4 is 0 Å². The zero-order chi connectivity index (χ0) is 16.2.